The summed E-state index contributed by atoms with van der Waals surface area (Å²) in [6.07, 6.45) is 1.71. The molecule has 2 unspecified atom stereocenters. The number of nitrogens with one attached hydrogen (secondary N) is 2. The molecule has 3 aromatic carbocycles. The topological polar surface area (TPSA) is 142 Å². The largest absolute Gasteiger partial charge is 0.490 e. The van der Waals surface area contributed by atoms with Crippen molar-refractivity contribution in [3.05, 3.63) is 71.8 Å². The van der Waals surface area contributed by atoms with Crippen molar-refractivity contribution in [1.29, 1.82) is 10.8 Å². The number of benzene rings is 3. The molecule has 0 radical (unpaired) electrons. The number of nitrogens with two attached hydrogens (primary N) is 1. The third kappa shape index (κ3) is 6.49. The standard InChI is InChI=1S/C27H33N4O5P/c1-3-34-37(32,33)27(36-25-11-6-19-4-5-21(26(29)30)16-22(19)17-25)20-7-9-23(10-8-20)35-24-12-14-31(15-13-24)18(2)28/h4-11,16-17,24,27-28H,3,12-15H2,1-2H3,(H3,29,30)(H,32,33). The summed E-state index contributed by atoms with van der Waals surface area (Å²) in [6, 6.07) is 17.7. The molecule has 2 atom stereocenters. The van der Waals surface area contributed by atoms with Gasteiger partial charge in [-0.05, 0) is 55.0 Å². The molecule has 1 heterocycles. The minimum Gasteiger partial charge on any atom is -0.490 e. The lowest BCUT2D eigenvalue weighted by Gasteiger charge is -2.32. The molecular weight excluding hydrogens is 491 g/mol. The maximum absolute atomic E-state index is 13.1. The molecule has 196 valence electrons. The molecule has 9 nitrogen and oxygen atoms in total. The Bertz CT molecular complexity index is 1320. The Hall–Kier alpha value is -3.39. The average molecular weight is 525 g/mol. The van der Waals surface area contributed by atoms with Crippen LogP contribution >= 0.6 is 7.60 Å². The van der Waals surface area contributed by atoms with E-state index in [1.165, 1.54) is 0 Å². The molecule has 0 aliphatic carbocycles. The van der Waals surface area contributed by atoms with Crippen molar-refractivity contribution in [2.24, 2.45) is 5.73 Å². The number of nitrogen functional groups attached to an aromatic ring is 1. The van der Waals surface area contributed by atoms with Gasteiger partial charge in [0.15, 0.2) is 0 Å². The Morgan fingerprint density at radius 2 is 1.70 bits per heavy atom. The van der Waals surface area contributed by atoms with E-state index in [2.05, 4.69) is 0 Å². The van der Waals surface area contributed by atoms with E-state index in [1.807, 2.05) is 17.0 Å². The summed E-state index contributed by atoms with van der Waals surface area (Å²) in [7, 11) is -4.18. The highest BCUT2D eigenvalue weighted by molar-refractivity contribution is 7.53. The normalized spacial score (nSPS) is 16.7. The third-order valence-corrected chi connectivity index (χ3v) is 7.99. The Labute approximate surface area is 216 Å². The molecule has 1 aliphatic heterocycles. The van der Waals surface area contributed by atoms with Gasteiger partial charge in [0.2, 0.25) is 5.85 Å². The van der Waals surface area contributed by atoms with Crippen LogP contribution in [0.25, 0.3) is 10.8 Å². The number of likely N-dealkylation sites (tertiary alicyclic amines) is 1. The minimum absolute atomic E-state index is 0.0417. The number of fused-ring (bicyclic) bond motifs is 1. The van der Waals surface area contributed by atoms with Crippen molar-refractivity contribution < 1.29 is 23.5 Å². The van der Waals surface area contributed by atoms with E-state index in [1.54, 1.807) is 62.4 Å². The van der Waals surface area contributed by atoms with Gasteiger partial charge in [-0.3, -0.25) is 15.4 Å². The highest BCUT2D eigenvalue weighted by atomic mass is 31.2. The van der Waals surface area contributed by atoms with Crippen LogP contribution in [0.15, 0.2) is 60.7 Å². The van der Waals surface area contributed by atoms with Crippen molar-refractivity contribution in [2.45, 2.75) is 38.6 Å². The van der Waals surface area contributed by atoms with Crippen LogP contribution in [0, 0.1) is 10.8 Å². The number of hydrogen-bond donors (Lipinski definition) is 4. The summed E-state index contributed by atoms with van der Waals surface area (Å²) < 4.78 is 30.5. The second-order valence-corrected chi connectivity index (χ2v) is 10.9. The van der Waals surface area contributed by atoms with Gasteiger partial charge >= 0.3 is 7.60 Å². The average Bonchev–Trinajstić information content (AvgIpc) is 2.87. The Morgan fingerprint density at radius 3 is 2.32 bits per heavy atom. The maximum Gasteiger partial charge on any atom is 0.372 e. The highest BCUT2D eigenvalue weighted by Gasteiger charge is 2.36. The van der Waals surface area contributed by atoms with E-state index < -0.39 is 13.4 Å². The summed E-state index contributed by atoms with van der Waals surface area (Å²) in [5.74, 6) is 0.343. The van der Waals surface area contributed by atoms with Crippen LogP contribution in [0.1, 0.15) is 43.7 Å². The molecule has 37 heavy (non-hydrogen) atoms. The predicted molar refractivity (Wildman–Crippen MR) is 145 cm³/mol. The predicted octanol–water partition coefficient (Wildman–Crippen LogP) is 5.26. The molecule has 0 bridgehead atoms. The molecule has 10 heteroatoms. The van der Waals surface area contributed by atoms with Crippen LogP contribution in [-0.4, -0.2) is 47.3 Å². The fraction of sp³-hybridized carbons (Fsp3) is 0.333. The molecule has 0 spiro atoms. The first-order valence-electron chi connectivity index (χ1n) is 12.2. The third-order valence-electron chi connectivity index (χ3n) is 6.37. The van der Waals surface area contributed by atoms with Gasteiger partial charge in [0.05, 0.1) is 12.4 Å². The number of ether oxygens (including phenoxy) is 2. The van der Waals surface area contributed by atoms with Gasteiger partial charge in [0.1, 0.15) is 23.4 Å². The van der Waals surface area contributed by atoms with E-state index in [0.717, 1.165) is 36.7 Å². The number of nitrogens with zero attached hydrogens (tertiary/aromatic N) is 1. The van der Waals surface area contributed by atoms with Crippen LogP contribution in [0.5, 0.6) is 11.5 Å². The molecule has 4 rings (SSSR count). The van der Waals surface area contributed by atoms with Crippen molar-refractivity contribution in [3.8, 4) is 11.5 Å². The molecule has 0 aromatic heterocycles. The van der Waals surface area contributed by atoms with Crippen LogP contribution < -0.4 is 15.2 Å². The van der Waals surface area contributed by atoms with Gasteiger partial charge < -0.3 is 29.5 Å². The molecule has 5 N–H and O–H groups in total. The van der Waals surface area contributed by atoms with Gasteiger partial charge in [0, 0.05) is 37.1 Å². The van der Waals surface area contributed by atoms with E-state index in [-0.39, 0.29) is 18.5 Å². The van der Waals surface area contributed by atoms with Crippen LogP contribution in [0.2, 0.25) is 0 Å². The van der Waals surface area contributed by atoms with Crippen LogP contribution in [-0.2, 0) is 9.09 Å². The fourth-order valence-corrected chi connectivity index (χ4v) is 5.69. The first kappa shape index (κ1) is 26.7. The number of piperidine rings is 1. The lowest BCUT2D eigenvalue weighted by Crippen LogP contribution is -2.40. The van der Waals surface area contributed by atoms with Crippen molar-refractivity contribution in [3.63, 3.8) is 0 Å². The molecule has 3 aromatic rings. The Morgan fingerprint density at radius 1 is 1.05 bits per heavy atom. The monoisotopic (exact) mass is 524 g/mol. The van der Waals surface area contributed by atoms with E-state index in [9.17, 15) is 9.46 Å². The molecule has 0 amide bonds. The molecular formula is C27H33N4O5P. The van der Waals surface area contributed by atoms with Gasteiger partial charge in [-0.15, -0.1) is 0 Å². The van der Waals surface area contributed by atoms with Gasteiger partial charge in [-0.25, -0.2) is 0 Å². The molecule has 0 saturated carbocycles. The zero-order valence-electron chi connectivity index (χ0n) is 21.0. The summed E-state index contributed by atoms with van der Waals surface area (Å²) >= 11 is 0. The first-order chi connectivity index (χ1) is 17.7. The quantitative estimate of drug-likeness (QED) is 0.170. The van der Waals surface area contributed by atoms with Gasteiger partial charge in [-0.2, -0.15) is 0 Å². The zero-order chi connectivity index (χ0) is 26.6. The first-order valence-corrected chi connectivity index (χ1v) is 13.9. The second kappa shape index (κ2) is 11.3. The summed E-state index contributed by atoms with van der Waals surface area (Å²) in [5.41, 5.74) is 6.69. The lowest BCUT2D eigenvalue weighted by atomic mass is 10.1. The summed E-state index contributed by atoms with van der Waals surface area (Å²) in [5, 5.41) is 17.2. The number of amidine groups is 2. The summed E-state index contributed by atoms with van der Waals surface area (Å²) in [6.45, 7) is 5.08. The minimum atomic E-state index is -4.18. The lowest BCUT2D eigenvalue weighted by molar-refractivity contribution is 0.130. The molecule has 1 aliphatic rings. The van der Waals surface area contributed by atoms with E-state index in [4.69, 9.17) is 30.5 Å². The van der Waals surface area contributed by atoms with Crippen molar-refractivity contribution in [2.75, 3.05) is 19.7 Å². The molecule has 1 fully saturated rings. The Balaban J connectivity index is 1.54. The van der Waals surface area contributed by atoms with Crippen LogP contribution in [0.3, 0.4) is 0 Å². The number of rotatable bonds is 9. The second-order valence-electron chi connectivity index (χ2n) is 9.05. The van der Waals surface area contributed by atoms with Gasteiger partial charge in [-0.1, -0.05) is 30.3 Å². The van der Waals surface area contributed by atoms with Crippen LogP contribution in [0.4, 0.5) is 0 Å². The SMILES string of the molecule is CCOP(=O)(O)C(Oc1ccc2ccc(C(=N)N)cc2c1)c1ccc(OC2CCN(C(C)=N)CC2)cc1. The Kier molecular flexibility index (Phi) is 8.17. The molecule has 1 saturated heterocycles. The van der Waals surface area contributed by atoms with Gasteiger partial charge in [0.25, 0.3) is 0 Å². The van der Waals surface area contributed by atoms with Crippen molar-refractivity contribution in [1.82, 2.24) is 4.90 Å². The smallest absolute Gasteiger partial charge is 0.372 e. The fourth-order valence-electron chi connectivity index (χ4n) is 4.38. The highest BCUT2D eigenvalue weighted by Crippen LogP contribution is 2.57. The van der Waals surface area contributed by atoms with Crippen molar-refractivity contribution >= 4 is 30.0 Å². The van der Waals surface area contributed by atoms with E-state index in [0.29, 0.717) is 28.5 Å². The summed E-state index contributed by atoms with van der Waals surface area (Å²) in [4.78, 5) is 12.8. The maximum atomic E-state index is 13.1. The van der Waals surface area contributed by atoms with E-state index >= 15 is 0 Å². The number of hydrogen-bond acceptors (Lipinski definition) is 6. The zero-order valence-corrected chi connectivity index (χ0v) is 21.9.